The second-order valence-electron chi connectivity index (χ2n) is 14.2. The first-order valence-corrected chi connectivity index (χ1v) is 21.0. The van der Waals surface area contributed by atoms with Gasteiger partial charge in [-0.15, -0.1) is 11.3 Å². The fourth-order valence-corrected chi connectivity index (χ4v) is 9.64. The van der Waals surface area contributed by atoms with Crippen LogP contribution in [0.25, 0.3) is 21.4 Å². The number of anilines is 2. The molecule has 0 aliphatic rings. The predicted molar refractivity (Wildman–Crippen MR) is 204 cm³/mol. The van der Waals surface area contributed by atoms with E-state index in [0.29, 0.717) is 23.2 Å². The molecule has 3 heterocycles. The lowest BCUT2D eigenvalue weighted by molar-refractivity contribution is -0.144. The lowest BCUT2D eigenvalue weighted by Crippen LogP contribution is -2.42. The normalized spacial score (nSPS) is 12.6. The standard InChI is InChI=1S/C32H47N10O9PS2/c1-31(2,3)50-52(47,51-32(4,5)6)17-12-23(43)34-13-9-14-35-29-39-27(33)26-28(40-29)42(20-36-26)18-24(44)41(19-25(45)46)16-15-37-54(48,49)30-38-21-10-7-8-11-22(21)53-30/h7-8,10-11,20,37H,9,12-19H2,1-6H3,(H,34,43)(H,45,46)(H3,33,35,39,40). The van der Waals surface area contributed by atoms with E-state index in [2.05, 4.69) is 35.3 Å². The molecule has 0 aliphatic heterocycles. The van der Waals surface area contributed by atoms with Crippen LogP contribution in [0.4, 0.5) is 11.8 Å². The number of nitrogens with one attached hydrogen (secondary N) is 3. The van der Waals surface area contributed by atoms with Crippen LogP contribution in [-0.2, 0) is 44.6 Å². The molecule has 6 N–H and O–H groups in total. The van der Waals surface area contributed by atoms with Crippen molar-refractivity contribution in [2.75, 3.05) is 49.9 Å². The Hall–Kier alpha value is -4.27. The van der Waals surface area contributed by atoms with Crippen molar-refractivity contribution in [1.29, 1.82) is 0 Å². The molecule has 0 spiro atoms. The number of nitrogen functional groups attached to an aromatic ring is 1. The third kappa shape index (κ3) is 12.7. The van der Waals surface area contributed by atoms with Crippen molar-refractivity contribution >= 4 is 79.9 Å². The number of para-hydroxylation sites is 1. The van der Waals surface area contributed by atoms with Gasteiger partial charge in [0.25, 0.3) is 10.0 Å². The fourth-order valence-electron chi connectivity index (χ4n) is 4.99. The van der Waals surface area contributed by atoms with Gasteiger partial charge < -0.3 is 40.0 Å². The van der Waals surface area contributed by atoms with Gasteiger partial charge in [-0.25, -0.2) is 23.1 Å². The van der Waals surface area contributed by atoms with Crippen LogP contribution < -0.4 is 21.1 Å². The first kappa shape index (κ1) is 42.5. The highest BCUT2D eigenvalue weighted by Gasteiger charge is 2.35. The van der Waals surface area contributed by atoms with Crippen molar-refractivity contribution in [3.63, 3.8) is 0 Å². The van der Waals surface area contributed by atoms with Gasteiger partial charge in [0.1, 0.15) is 18.6 Å². The average molecular weight is 811 g/mol. The molecule has 0 saturated carbocycles. The molecule has 19 nitrogen and oxygen atoms in total. The molecule has 0 fully saturated rings. The Kier molecular flexibility index (Phi) is 13.7. The number of amides is 2. The fraction of sp³-hybridized carbons (Fsp3) is 0.531. The Morgan fingerprint density at radius 2 is 1.70 bits per heavy atom. The van der Waals surface area contributed by atoms with Crippen LogP contribution in [0, 0.1) is 0 Å². The number of carboxylic acid groups (broad SMARTS) is 1. The van der Waals surface area contributed by atoms with Crippen LogP contribution in [0.2, 0.25) is 0 Å². The van der Waals surface area contributed by atoms with Crippen LogP contribution >= 0.6 is 18.9 Å². The van der Waals surface area contributed by atoms with E-state index in [-0.39, 0.29) is 71.9 Å². The largest absolute Gasteiger partial charge is 0.480 e. The Balaban J connectivity index is 1.30. The van der Waals surface area contributed by atoms with E-state index >= 15 is 0 Å². The number of carbonyl (C=O) groups is 3. The van der Waals surface area contributed by atoms with Crippen LogP contribution in [0.5, 0.6) is 0 Å². The Bertz CT molecular complexity index is 2070. The Morgan fingerprint density at radius 3 is 2.35 bits per heavy atom. The monoisotopic (exact) mass is 810 g/mol. The van der Waals surface area contributed by atoms with Gasteiger partial charge in [-0.3, -0.25) is 18.9 Å². The lowest BCUT2D eigenvalue weighted by atomic mass is 10.2. The zero-order chi connectivity index (χ0) is 39.9. The van der Waals surface area contributed by atoms with Crippen LogP contribution in [0.15, 0.2) is 34.9 Å². The van der Waals surface area contributed by atoms with Crippen molar-refractivity contribution in [1.82, 2.24) is 39.4 Å². The number of imidazole rings is 1. The molecule has 0 atom stereocenters. The van der Waals surface area contributed by atoms with Gasteiger partial charge in [-0.1, -0.05) is 12.1 Å². The summed E-state index contributed by atoms with van der Waals surface area (Å²) in [6, 6.07) is 6.95. The summed E-state index contributed by atoms with van der Waals surface area (Å²) >= 11 is 0.992. The first-order chi connectivity index (χ1) is 25.1. The Labute approximate surface area is 317 Å². The maximum absolute atomic E-state index is 13.4. The molecule has 54 heavy (non-hydrogen) atoms. The summed E-state index contributed by atoms with van der Waals surface area (Å²) < 4.78 is 54.8. The van der Waals surface area contributed by atoms with Crippen molar-refractivity contribution < 1.29 is 41.5 Å². The molecule has 0 unspecified atom stereocenters. The molecule has 3 aromatic heterocycles. The summed E-state index contributed by atoms with van der Waals surface area (Å²) in [7, 11) is -7.57. The number of carboxylic acids is 1. The van der Waals surface area contributed by atoms with Gasteiger partial charge in [-0.2, -0.15) is 9.97 Å². The molecular formula is C32H47N10O9PS2. The second kappa shape index (κ2) is 17.5. The summed E-state index contributed by atoms with van der Waals surface area (Å²) in [6.45, 7) is 9.67. The molecule has 0 saturated heterocycles. The van der Waals surface area contributed by atoms with E-state index in [4.69, 9.17) is 14.8 Å². The number of hydrogen-bond acceptors (Lipinski definition) is 15. The molecule has 4 aromatic rings. The van der Waals surface area contributed by atoms with E-state index < -0.39 is 47.2 Å². The molecule has 0 bridgehead atoms. The summed E-state index contributed by atoms with van der Waals surface area (Å²) in [5.74, 6) is -2.07. The zero-order valence-corrected chi connectivity index (χ0v) is 33.5. The lowest BCUT2D eigenvalue weighted by Gasteiger charge is -2.32. The predicted octanol–water partition coefficient (Wildman–Crippen LogP) is 3.04. The summed E-state index contributed by atoms with van der Waals surface area (Å²) in [6.07, 6.45) is 1.65. The second-order valence-corrected chi connectivity index (χ2v) is 19.2. The van der Waals surface area contributed by atoms with Gasteiger partial charge in [0.2, 0.25) is 22.1 Å². The topological polar surface area (TPSA) is 263 Å². The molecule has 2 amide bonds. The number of aromatic nitrogens is 5. The van der Waals surface area contributed by atoms with Crippen molar-refractivity contribution in [3.05, 3.63) is 30.6 Å². The number of rotatable bonds is 19. The zero-order valence-electron chi connectivity index (χ0n) is 31.0. The summed E-state index contributed by atoms with van der Waals surface area (Å²) in [5.41, 5.74) is 5.61. The number of fused-ring (bicyclic) bond motifs is 2. The maximum Gasteiger partial charge on any atom is 0.332 e. The highest BCUT2D eigenvalue weighted by molar-refractivity contribution is 7.91. The third-order valence-corrected chi connectivity index (χ3v) is 12.3. The molecule has 1 aromatic carbocycles. The van der Waals surface area contributed by atoms with Crippen molar-refractivity contribution in [2.24, 2.45) is 0 Å². The maximum atomic E-state index is 13.4. The molecule has 296 valence electrons. The summed E-state index contributed by atoms with van der Waals surface area (Å²) in [4.78, 5) is 55.4. The van der Waals surface area contributed by atoms with Crippen molar-refractivity contribution in [3.8, 4) is 0 Å². The number of carbonyl (C=O) groups excluding carboxylic acids is 2. The molecular weight excluding hydrogens is 764 g/mol. The minimum absolute atomic E-state index is 0.0352. The number of aliphatic carboxylic acids is 1. The average Bonchev–Trinajstić information content (AvgIpc) is 3.66. The van der Waals surface area contributed by atoms with Gasteiger partial charge in [0, 0.05) is 32.6 Å². The highest BCUT2D eigenvalue weighted by atomic mass is 32.2. The van der Waals surface area contributed by atoms with E-state index in [9.17, 15) is 32.5 Å². The third-order valence-electron chi connectivity index (χ3n) is 7.05. The number of benzene rings is 1. The molecule has 0 aliphatic carbocycles. The number of hydrogen-bond donors (Lipinski definition) is 5. The van der Waals surface area contributed by atoms with Crippen molar-refractivity contribution in [2.45, 2.75) is 76.5 Å². The van der Waals surface area contributed by atoms with Crippen LogP contribution in [-0.4, -0.2) is 111 Å². The highest BCUT2D eigenvalue weighted by Crippen LogP contribution is 2.54. The van der Waals surface area contributed by atoms with Crippen LogP contribution in [0.3, 0.4) is 0 Å². The minimum Gasteiger partial charge on any atom is -0.480 e. The number of nitrogens with two attached hydrogens (primary N) is 1. The van der Waals surface area contributed by atoms with E-state index in [1.54, 1.807) is 65.8 Å². The molecule has 4 rings (SSSR count). The van der Waals surface area contributed by atoms with Gasteiger partial charge in [0.15, 0.2) is 11.5 Å². The number of nitrogens with zero attached hydrogens (tertiary/aromatic N) is 6. The quantitative estimate of drug-likeness (QED) is 0.0673. The molecule has 22 heteroatoms. The number of thiazole rings is 1. The molecule has 0 radical (unpaired) electrons. The van der Waals surface area contributed by atoms with Gasteiger partial charge in [0.05, 0.1) is 33.9 Å². The first-order valence-electron chi connectivity index (χ1n) is 17.0. The van der Waals surface area contributed by atoms with E-state index in [1.807, 2.05) is 0 Å². The van der Waals surface area contributed by atoms with Gasteiger partial charge in [-0.05, 0) is 60.1 Å². The van der Waals surface area contributed by atoms with E-state index in [0.717, 1.165) is 16.2 Å². The van der Waals surface area contributed by atoms with Gasteiger partial charge >= 0.3 is 13.6 Å². The Morgan fingerprint density at radius 1 is 1.02 bits per heavy atom. The number of sulfonamides is 1. The van der Waals surface area contributed by atoms with Crippen LogP contribution in [0.1, 0.15) is 54.4 Å². The SMILES string of the molecule is CC(C)(C)OP(=O)(CCC(=O)NCCCNc1nc(N)c2ncn(CC(=O)N(CCNS(=O)(=O)c3nc4ccccc4s3)CC(=O)O)c2n1)OC(C)(C)C. The minimum atomic E-state index is -4.02. The van der Waals surface area contributed by atoms with E-state index in [1.165, 1.54) is 10.9 Å². The smallest absolute Gasteiger partial charge is 0.332 e. The summed E-state index contributed by atoms with van der Waals surface area (Å²) in [5, 5.41) is 15.3.